The van der Waals surface area contributed by atoms with Gasteiger partial charge in [-0.15, -0.1) is 0 Å². The molecule has 0 aliphatic rings. The molecule has 0 amide bonds. The van der Waals surface area contributed by atoms with Gasteiger partial charge in [0, 0.05) is 0 Å². The maximum Gasteiger partial charge on any atom is -0.0190 e. The molecule has 0 aromatic carbocycles. The van der Waals surface area contributed by atoms with Crippen LogP contribution in [0, 0.1) is 29.1 Å². The molecule has 0 aromatic heterocycles. The Morgan fingerprint density at radius 2 is 1.47 bits per heavy atom. The van der Waals surface area contributed by atoms with Crippen LogP contribution in [0.3, 0.4) is 0 Å². The van der Waals surface area contributed by atoms with Gasteiger partial charge >= 0.3 is 0 Å². The minimum absolute atomic E-state index is 0.447. The van der Waals surface area contributed by atoms with Gasteiger partial charge in [0.15, 0.2) is 0 Å². The van der Waals surface area contributed by atoms with Crippen molar-refractivity contribution < 1.29 is 0 Å². The van der Waals surface area contributed by atoms with E-state index < -0.39 is 0 Å². The second-order valence-corrected chi connectivity index (χ2v) is 6.10. The highest BCUT2D eigenvalue weighted by molar-refractivity contribution is 5.05. The molecule has 91 valence electrons. The monoisotopic (exact) mass is 211 g/mol. The minimum atomic E-state index is 0.447. The van der Waals surface area contributed by atoms with Gasteiger partial charge in [-0.2, -0.15) is 0 Å². The third-order valence-corrected chi connectivity index (χ3v) is 4.20. The standard InChI is InChI=1S/C15H31/c1-9-14(8)15(12(4)5,13(6)7)10-11(2)3/h11-12,14H,9-10H2,1-8H3. The van der Waals surface area contributed by atoms with Crippen LogP contribution in [-0.4, -0.2) is 0 Å². The molecule has 0 heteroatoms. The molecular formula is C15H31. The molecule has 0 nitrogen and oxygen atoms in total. The van der Waals surface area contributed by atoms with Crippen molar-refractivity contribution >= 4 is 0 Å². The summed E-state index contributed by atoms with van der Waals surface area (Å²) in [5.74, 6) is 3.96. The largest absolute Gasteiger partial charge is 0.0651 e. The minimum Gasteiger partial charge on any atom is -0.0651 e. The van der Waals surface area contributed by atoms with E-state index in [9.17, 15) is 0 Å². The summed E-state index contributed by atoms with van der Waals surface area (Å²) in [5, 5.41) is 0. The maximum absolute atomic E-state index is 2.43. The van der Waals surface area contributed by atoms with Crippen LogP contribution in [0.15, 0.2) is 0 Å². The number of rotatable bonds is 6. The van der Waals surface area contributed by atoms with Crippen molar-refractivity contribution in [1.82, 2.24) is 0 Å². The molecule has 0 fully saturated rings. The summed E-state index contributed by atoms with van der Waals surface area (Å²) in [6, 6.07) is 0. The fraction of sp³-hybridized carbons (Fsp3) is 0.933. The summed E-state index contributed by atoms with van der Waals surface area (Å²) in [6.45, 7) is 18.9. The third kappa shape index (κ3) is 3.23. The van der Waals surface area contributed by atoms with Gasteiger partial charge in [-0.1, -0.05) is 61.8 Å². The van der Waals surface area contributed by atoms with E-state index in [1.807, 2.05) is 0 Å². The highest BCUT2D eigenvalue weighted by atomic mass is 14.5. The second kappa shape index (κ2) is 5.92. The Morgan fingerprint density at radius 1 is 1.00 bits per heavy atom. The summed E-state index contributed by atoms with van der Waals surface area (Å²) in [5.41, 5.74) is 0.447. The molecule has 0 rings (SSSR count). The Hall–Kier alpha value is 0. The molecule has 0 spiro atoms. The van der Waals surface area contributed by atoms with E-state index in [0.717, 1.165) is 17.8 Å². The van der Waals surface area contributed by atoms with Gasteiger partial charge in [0.25, 0.3) is 0 Å². The van der Waals surface area contributed by atoms with E-state index >= 15 is 0 Å². The molecule has 15 heavy (non-hydrogen) atoms. The lowest BCUT2D eigenvalue weighted by molar-refractivity contribution is 0.0854. The average Bonchev–Trinajstić information content (AvgIpc) is 2.11. The van der Waals surface area contributed by atoms with Crippen LogP contribution in [0.2, 0.25) is 0 Å². The Kier molecular flexibility index (Phi) is 5.92. The molecular weight excluding hydrogens is 180 g/mol. The predicted octanol–water partition coefficient (Wildman–Crippen LogP) is 5.34. The molecule has 0 heterocycles. The maximum atomic E-state index is 2.43. The number of hydrogen-bond acceptors (Lipinski definition) is 0. The molecule has 0 aliphatic carbocycles. The van der Waals surface area contributed by atoms with Crippen LogP contribution < -0.4 is 0 Å². The van der Waals surface area contributed by atoms with Crippen LogP contribution in [0.1, 0.15) is 68.2 Å². The summed E-state index contributed by atoms with van der Waals surface area (Å²) in [4.78, 5) is 0. The van der Waals surface area contributed by atoms with Crippen LogP contribution in [0.25, 0.3) is 0 Å². The summed E-state index contributed by atoms with van der Waals surface area (Å²) < 4.78 is 0. The number of hydrogen-bond donors (Lipinski definition) is 0. The quantitative estimate of drug-likeness (QED) is 0.556. The molecule has 0 saturated heterocycles. The molecule has 0 N–H and O–H groups in total. The van der Waals surface area contributed by atoms with E-state index in [4.69, 9.17) is 0 Å². The van der Waals surface area contributed by atoms with Gasteiger partial charge in [-0.05, 0) is 35.5 Å². The lowest BCUT2D eigenvalue weighted by atomic mass is 9.57. The Balaban J connectivity index is 5.07. The van der Waals surface area contributed by atoms with Crippen molar-refractivity contribution in [3.8, 4) is 0 Å². The van der Waals surface area contributed by atoms with Crippen LogP contribution >= 0.6 is 0 Å². The van der Waals surface area contributed by atoms with Crippen LogP contribution in [0.5, 0.6) is 0 Å². The molecule has 1 radical (unpaired) electrons. The van der Waals surface area contributed by atoms with Gasteiger partial charge < -0.3 is 0 Å². The van der Waals surface area contributed by atoms with Crippen molar-refractivity contribution in [3.05, 3.63) is 5.92 Å². The zero-order valence-corrected chi connectivity index (χ0v) is 12.1. The molecule has 0 bridgehead atoms. The lowest BCUT2D eigenvalue weighted by Gasteiger charge is -2.47. The zero-order chi connectivity index (χ0) is 12.2. The fourth-order valence-electron chi connectivity index (χ4n) is 3.32. The highest BCUT2D eigenvalue weighted by Crippen LogP contribution is 2.49. The molecule has 0 aliphatic heterocycles. The van der Waals surface area contributed by atoms with Crippen molar-refractivity contribution in [2.75, 3.05) is 0 Å². The highest BCUT2D eigenvalue weighted by Gasteiger charge is 2.41. The molecule has 2 unspecified atom stereocenters. The van der Waals surface area contributed by atoms with Crippen molar-refractivity contribution in [2.45, 2.75) is 68.2 Å². The van der Waals surface area contributed by atoms with E-state index in [0.29, 0.717) is 5.41 Å². The van der Waals surface area contributed by atoms with E-state index in [-0.39, 0.29) is 0 Å². The molecule has 2 atom stereocenters. The van der Waals surface area contributed by atoms with Crippen molar-refractivity contribution in [2.24, 2.45) is 23.2 Å². The molecule has 0 saturated carbocycles. The first-order chi connectivity index (χ1) is 6.78. The lowest BCUT2D eigenvalue weighted by Crippen LogP contribution is -2.39. The summed E-state index contributed by atoms with van der Waals surface area (Å²) >= 11 is 0. The molecule has 0 aromatic rings. The van der Waals surface area contributed by atoms with Gasteiger partial charge in [0.1, 0.15) is 0 Å². The van der Waals surface area contributed by atoms with Crippen molar-refractivity contribution in [3.63, 3.8) is 0 Å². The van der Waals surface area contributed by atoms with E-state index in [1.54, 1.807) is 5.92 Å². The summed E-state index contributed by atoms with van der Waals surface area (Å²) in [6.07, 6.45) is 2.62. The van der Waals surface area contributed by atoms with Gasteiger partial charge in [-0.25, -0.2) is 0 Å². The SMILES string of the molecule is CCC(C)C(CC(C)C)([C](C)C)C(C)C. The summed E-state index contributed by atoms with van der Waals surface area (Å²) in [7, 11) is 0. The van der Waals surface area contributed by atoms with Gasteiger partial charge in [0.2, 0.25) is 0 Å². The zero-order valence-electron chi connectivity index (χ0n) is 12.1. The van der Waals surface area contributed by atoms with E-state index in [1.165, 1.54) is 12.8 Å². The van der Waals surface area contributed by atoms with Crippen LogP contribution in [-0.2, 0) is 0 Å². The smallest absolute Gasteiger partial charge is 0.0190 e. The van der Waals surface area contributed by atoms with Crippen molar-refractivity contribution in [1.29, 1.82) is 0 Å². The van der Waals surface area contributed by atoms with E-state index in [2.05, 4.69) is 55.4 Å². The van der Waals surface area contributed by atoms with Gasteiger partial charge in [0.05, 0.1) is 0 Å². The predicted molar refractivity (Wildman–Crippen MR) is 70.8 cm³/mol. The first kappa shape index (κ1) is 15.0. The first-order valence-electron chi connectivity index (χ1n) is 6.59. The Labute approximate surface area is 97.8 Å². The topological polar surface area (TPSA) is 0 Å². The normalized spacial score (nSPS) is 15.4. The van der Waals surface area contributed by atoms with Crippen LogP contribution in [0.4, 0.5) is 0 Å². The first-order valence-corrected chi connectivity index (χ1v) is 6.59. The van der Waals surface area contributed by atoms with Gasteiger partial charge in [-0.3, -0.25) is 0 Å². The Bertz CT molecular complexity index is 157. The average molecular weight is 211 g/mol. The Morgan fingerprint density at radius 3 is 1.67 bits per heavy atom. The third-order valence-electron chi connectivity index (χ3n) is 4.20. The fourth-order valence-corrected chi connectivity index (χ4v) is 3.32. The second-order valence-electron chi connectivity index (χ2n) is 6.10.